The van der Waals surface area contributed by atoms with E-state index in [-0.39, 0.29) is 0 Å². The van der Waals surface area contributed by atoms with Gasteiger partial charge in [0.05, 0.1) is 0 Å². The third kappa shape index (κ3) is 1.44. The predicted molar refractivity (Wildman–Crippen MR) is 69.2 cm³/mol. The highest BCUT2D eigenvalue weighted by molar-refractivity contribution is 9.10. The lowest BCUT2D eigenvalue weighted by Gasteiger charge is -2.05. The Balaban J connectivity index is 2.32. The highest BCUT2D eigenvalue weighted by Gasteiger charge is 2.07. The largest absolute Gasteiger partial charge is 0.345 e. The van der Waals surface area contributed by atoms with E-state index in [0.717, 1.165) is 15.9 Å². The maximum absolute atomic E-state index is 4.27. The Morgan fingerprint density at radius 2 is 1.94 bits per heavy atom. The number of halogens is 1. The van der Waals surface area contributed by atoms with Crippen LogP contribution in [0.4, 0.5) is 0 Å². The van der Waals surface area contributed by atoms with Crippen LogP contribution in [0.5, 0.6) is 0 Å². The van der Waals surface area contributed by atoms with Gasteiger partial charge in [0.25, 0.3) is 0 Å². The van der Waals surface area contributed by atoms with Gasteiger partial charge in [-0.25, -0.2) is 4.98 Å². The van der Waals surface area contributed by atoms with Crippen molar-refractivity contribution in [1.29, 1.82) is 0 Å². The summed E-state index contributed by atoms with van der Waals surface area (Å²) in [6, 6.07) is 12.5. The summed E-state index contributed by atoms with van der Waals surface area (Å²) in [5, 5.41) is 2.43. The van der Waals surface area contributed by atoms with Crippen LogP contribution in [-0.2, 0) is 0 Å². The second-order valence-electron chi connectivity index (χ2n) is 3.59. The molecule has 1 N–H and O–H groups in total. The van der Waals surface area contributed by atoms with E-state index in [1.165, 1.54) is 10.8 Å². The molecule has 2 nitrogen and oxygen atoms in total. The second kappa shape index (κ2) is 3.76. The number of benzene rings is 2. The molecule has 1 heterocycles. The first-order valence-corrected chi connectivity index (χ1v) is 5.82. The van der Waals surface area contributed by atoms with Gasteiger partial charge in [-0.05, 0) is 32.8 Å². The fourth-order valence-electron chi connectivity index (χ4n) is 1.83. The Bertz CT molecular complexity index is 629. The number of nitrogens with one attached hydrogen (secondary N) is 1. The molecule has 0 saturated heterocycles. The van der Waals surface area contributed by atoms with Gasteiger partial charge in [0.1, 0.15) is 5.82 Å². The lowest BCUT2D eigenvalue weighted by atomic mass is 10.1. The summed E-state index contributed by atoms with van der Waals surface area (Å²) in [6.45, 7) is 0. The minimum absolute atomic E-state index is 0.887. The molecule has 16 heavy (non-hydrogen) atoms. The van der Waals surface area contributed by atoms with Gasteiger partial charge < -0.3 is 4.98 Å². The molecular formula is C13H9BrN2. The third-order valence-corrected chi connectivity index (χ3v) is 3.47. The topological polar surface area (TPSA) is 28.7 Å². The summed E-state index contributed by atoms with van der Waals surface area (Å²) in [6.07, 6.45) is 3.59. The quantitative estimate of drug-likeness (QED) is 0.713. The average molecular weight is 273 g/mol. The van der Waals surface area contributed by atoms with Crippen LogP contribution in [0, 0.1) is 0 Å². The number of H-pyrrole nitrogens is 1. The summed E-state index contributed by atoms with van der Waals surface area (Å²) in [5.41, 5.74) is 1.09. The average Bonchev–Trinajstić information content (AvgIpc) is 2.83. The van der Waals surface area contributed by atoms with Crippen molar-refractivity contribution < 1.29 is 0 Å². The van der Waals surface area contributed by atoms with Crippen LogP contribution in [0.2, 0.25) is 0 Å². The van der Waals surface area contributed by atoms with E-state index in [4.69, 9.17) is 0 Å². The van der Waals surface area contributed by atoms with Crippen LogP contribution in [0.3, 0.4) is 0 Å². The van der Waals surface area contributed by atoms with Crippen LogP contribution in [0.25, 0.3) is 22.2 Å². The summed E-state index contributed by atoms with van der Waals surface area (Å²) in [7, 11) is 0. The molecule has 0 aliphatic carbocycles. The van der Waals surface area contributed by atoms with Gasteiger partial charge in [0, 0.05) is 22.4 Å². The number of hydrogen-bond acceptors (Lipinski definition) is 1. The Labute approximate surface area is 101 Å². The normalized spacial score (nSPS) is 10.8. The maximum Gasteiger partial charge on any atom is 0.138 e. The molecule has 0 saturated carbocycles. The second-order valence-corrected chi connectivity index (χ2v) is 4.38. The number of imidazole rings is 1. The van der Waals surface area contributed by atoms with Gasteiger partial charge in [-0.15, -0.1) is 0 Å². The van der Waals surface area contributed by atoms with E-state index in [1.807, 2.05) is 18.3 Å². The Morgan fingerprint density at radius 3 is 2.75 bits per heavy atom. The van der Waals surface area contributed by atoms with Crippen molar-refractivity contribution in [2.45, 2.75) is 0 Å². The molecule has 1 aromatic heterocycles. The zero-order valence-corrected chi connectivity index (χ0v) is 10.0. The molecular weight excluding hydrogens is 264 g/mol. The Hall–Kier alpha value is -1.61. The number of rotatable bonds is 1. The lowest BCUT2D eigenvalue weighted by molar-refractivity contribution is 1.31. The number of nitrogens with zero attached hydrogens (tertiary/aromatic N) is 1. The number of aromatic nitrogens is 2. The van der Waals surface area contributed by atoms with E-state index >= 15 is 0 Å². The van der Waals surface area contributed by atoms with Crippen molar-refractivity contribution in [3.8, 4) is 11.4 Å². The molecule has 0 unspecified atom stereocenters. The monoisotopic (exact) mass is 272 g/mol. The molecule has 0 bridgehead atoms. The highest BCUT2D eigenvalue weighted by atomic mass is 79.9. The number of aromatic amines is 1. The molecule has 3 heteroatoms. The van der Waals surface area contributed by atoms with E-state index in [9.17, 15) is 0 Å². The van der Waals surface area contributed by atoms with E-state index in [2.05, 4.69) is 50.2 Å². The van der Waals surface area contributed by atoms with Gasteiger partial charge in [-0.3, -0.25) is 0 Å². The fraction of sp³-hybridized carbons (Fsp3) is 0. The van der Waals surface area contributed by atoms with Crippen molar-refractivity contribution >= 4 is 26.7 Å². The first-order chi connectivity index (χ1) is 7.86. The van der Waals surface area contributed by atoms with E-state index < -0.39 is 0 Å². The molecule has 3 aromatic rings. The van der Waals surface area contributed by atoms with Crippen LogP contribution in [0.1, 0.15) is 0 Å². The van der Waals surface area contributed by atoms with Crippen LogP contribution >= 0.6 is 15.9 Å². The first kappa shape index (κ1) is 9.60. The Kier molecular flexibility index (Phi) is 2.26. The smallest absolute Gasteiger partial charge is 0.138 e. The number of fused-ring (bicyclic) bond motifs is 1. The third-order valence-electron chi connectivity index (χ3n) is 2.62. The van der Waals surface area contributed by atoms with E-state index in [0.29, 0.717) is 0 Å². The minimum Gasteiger partial charge on any atom is -0.345 e. The molecule has 0 atom stereocenters. The van der Waals surface area contributed by atoms with Crippen LogP contribution < -0.4 is 0 Å². The van der Waals surface area contributed by atoms with Crippen LogP contribution in [-0.4, -0.2) is 9.97 Å². The summed E-state index contributed by atoms with van der Waals surface area (Å²) in [4.78, 5) is 7.39. The van der Waals surface area contributed by atoms with Crippen molar-refractivity contribution in [2.75, 3.05) is 0 Å². The van der Waals surface area contributed by atoms with Gasteiger partial charge in [0.15, 0.2) is 0 Å². The van der Waals surface area contributed by atoms with Gasteiger partial charge in [0.2, 0.25) is 0 Å². The molecule has 3 rings (SSSR count). The SMILES string of the molecule is Brc1c(-c2ncc[nH]2)ccc2ccccc12. The van der Waals surface area contributed by atoms with Crippen molar-refractivity contribution in [3.05, 3.63) is 53.3 Å². The highest BCUT2D eigenvalue weighted by Crippen LogP contribution is 2.32. The Morgan fingerprint density at radius 1 is 1.06 bits per heavy atom. The molecule has 0 fully saturated rings. The fourth-order valence-corrected chi connectivity index (χ4v) is 2.51. The number of hydrogen-bond donors (Lipinski definition) is 1. The summed E-state index contributed by atoms with van der Waals surface area (Å²) < 4.78 is 1.08. The van der Waals surface area contributed by atoms with E-state index in [1.54, 1.807) is 6.20 Å². The summed E-state index contributed by atoms with van der Waals surface area (Å²) in [5.74, 6) is 0.887. The molecule has 2 aromatic carbocycles. The van der Waals surface area contributed by atoms with Crippen molar-refractivity contribution in [3.63, 3.8) is 0 Å². The lowest BCUT2D eigenvalue weighted by Crippen LogP contribution is -1.84. The van der Waals surface area contributed by atoms with Crippen molar-refractivity contribution in [2.24, 2.45) is 0 Å². The molecule has 0 aliphatic heterocycles. The maximum atomic E-state index is 4.27. The molecule has 0 spiro atoms. The molecule has 0 amide bonds. The van der Waals surface area contributed by atoms with Crippen LogP contribution in [0.15, 0.2) is 53.3 Å². The van der Waals surface area contributed by atoms with Crippen molar-refractivity contribution in [1.82, 2.24) is 9.97 Å². The van der Waals surface area contributed by atoms with Gasteiger partial charge >= 0.3 is 0 Å². The molecule has 78 valence electrons. The summed E-state index contributed by atoms with van der Waals surface area (Å²) >= 11 is 3.64. The molecule has 0 aliphatic rings. The zero-order valence-electron chi connectivity index (χ0n) is 8.44. The molecule has 0 radical (unpaired) electrons. The first-order valence-electron chi connectivity index (χ1n) is 5.03. The minimum atomic E-state index is 0.887. The zero-order chi connectivity index (χ0) is 11.0. The predicted octanol–water partition coefficient (Wildman–Crippen LogP) is 3.99. The van der Waals surface area contributed by atoms with Gasteiger partial charge in [-0.2, -0.15) is 0 Å². The van der Waals surface area contributed by atoms with Gasteiger partial charge in [-0.1, -0.05) is 30.3 Å². The standard InChI is InChI=1S/C13H9BrN2/c14-12-10-4-2-1-3-9(10)5-6-11(12)13-15-7-8-16-13/h1-8H,(H,15,16).